The summed E-state index contributed by atoms with van der Waals surface area (Å²) in [7, 11) is 0. The van der Waals surface area contributed by atoms with E-state index < -0.39 is 0 Å². The SMILES string of the molecule is CCNc1nc(Nc2ccccc2)ncc1C=O. The average Bonchev–Trinajstić information content (AvgIpc) is 2.41. The van der Waals surface area contributed by atoms with Crippen molar-refractivity contribution in [1.82, 2.24) is 9.97 Å². The van der Waals surface area contributed by atoms with Crippen molar-refractivity contribution < 1.29 is 4.79 Å². The Balaban J connectivity index is 2.24. The summed E-state index contributed by atoms with van der Waals surface area (Å²) in [5.41, 5.74) is 1.36. The summed E-state index contributed by atoms with van der Waals surface area (Å²) in [5.74, 6) is 1.00. The minimum atomic E-state index is 0.454. The number of benzene rings is 1. The van der Waals surface area contributed by atoms with Gasteiger partial charge in [-0.1, -0.05) is 18.2 Å². The predicted octanol–water partition coefficient (Wildman–Crippen LogP) is 2.46. The molecule has 0 saturated carbocycles. The van der Waals surface area contributed by atoms with Gasteiger partial charge in [0.1, 0.15) is 5.82 Å². The van der Waals surface area contributed by atoms with Gasteiger partial charge in [0.25, 0.3) is 0 Å². The van der Waals surface area contributed by atoms with E-state index >= 15 is 0 Å². The fourth-order valence-electron chi connectivity index (χ4n) is 1.50. The van der Waals surface area contributed by atoms with Crippen LogP contribution in [-0.2, 0) is 0 Å². The summed E-state index contributed by atoms with van der Waals surface area (Å²) in [6.07, 6.45) is 2.24. The summed E-state index contributed by atoms with van der Waals surface area (Å²) in [4.78, 5) is 19.2. The van der Waals surface area contributed by atoms with E-state index in [1.165, 1.54) is 6.20 Å². The molecule has 0 bridgehead atoms. The topological polar surface area (TPSA) is 66.9 Å². The van der Waals surface area contributed by atoms with Crippen LogP contribution in [0.5, 0.6) is 0 Å². The lowest BCUT2D eigenvalue weighted by Crippen LogP contribution is -2.06. The number of aldehydes is 1. The van der Waals surface area contributed by atoms with Crippen LogP contribution in [0.25, 0.3) is 0 Å². The van der Waals surface area contributed by atoms with Crippen molar-refractivity contribution in [1.29, 1.82) is 0 Å². The summed E-state index contributed by atoms with van der Waals surface area (Å²) in [5, 5.41) is 6.11. The number of hydrogen-bond donors (Lipinski definition) is 2. The highest BCUT2D eigenvalue weighted by molar-refractivity contribution is 5.82. The van der Waals surface area contributed by atoms with E-state index in [4.69, 9.17) is 0 Å². The van der Waals surface area contributed by atoms with Gasteiger partial charge in [-0.3, -0.25) is 4.79 Å². The highest BCUT2D eigenvalue weighted by Crippen LogP contribution is 2.15. The van der Waals surface area contributed by atoms with E-state index in [9.17, 15) is 4.79 Å². The molecule has 5 heteroatoms. The second-order valence-corrected chi connectivity index (χ2v) is 3.64. The Labute approximate surface area is 105 Å². The Kier molecular flexibility index (Phi) is 3.86. The number of hydrogen-bond acceptors (Lipinski definition) is 5. The van der Waals surface area contributed by atoms with Crippen molar-refractivity contribution in [2.24, 2.45) is 0 Å². The molecule has 92 valence electrons. The summed E-state index contributed by atoms with van der Waals surface area (Å²) < 4.78 is 0. The third-order valence-corrected chi connectivity index (χ3v) is 2.32. The standard InChI is InChI=1S/C13H14N4O/c1-2-14-12-10(9-18)8-15-13(17-12)16-11-6-4-3-5-7-11/h3-9H,2H2,1H3,(H2,14,15,16,17). The molecule has 5 nitrogen and oxygen atoms in total. The van der Waals surface area contributed by atoms with Gasteiger partial charge in [0.05, 0.1) is 5.56 Å². The van der Waals surface area contributed by atoms with Crippen molar-refractivity contribution in [3.8, 4) is 0 Å². The normalized spacial score (nSPS) is 9.83. The third kappa shape index (κ3) is 2.82. The molecule has 2 rings (SSSR count). The lowest BCUT2D eigenvalue weighted by atomic mass is 10.3. The van der Waals surface area contributed by atoms with E-state index in [0.717, 1.165) is 12.0 Å². The van der Waals surface area contributed by atoms with Crippen LogP contribution < -0.4 is 10.6 Å². The molecule has 0 spiro atoms. The zero-order chi connectivity index (χ0) is 12.8. The maximum atomic E-state index is 10.8. The van der Waals surface area contributed by atoms with Gasteiger partial charge >= 0.3 is 0 Å². The first-order valence-electron chi connectivity index (χ1n) is 5.71. The van der Waals surface area contributed by atoms with Crippen LogP contribution in [0.15, 0.2) is 36.5 Å². The molecular weight excluding hydrogens is 228 g/mol. The number of aromatic nitrogens is 2. The highest BCUT2D eigenvalue weighted by Gasteiger charge is 2.05. The molecule has 1 aromatic heterocycles. The zero-order valence-corrected chi connectivity index (χ0v) is 10.1. The van der Waals surface area contributed by atoms with Gasteiger partial charge in [-0.15, -0.1) is 0 Å². The molecule has 0 aliphatic rings. The van der Waals surface area contributed by atoms with Crippen LogP contribution in [0.2, 0.25) is 0 Å². The number of nitrogens with zero attached hydrogens (tertiary/aromatic N) is 2. The number of para-hydroxylation sites is 1. The lowest BCUT2D eigenvalue weighted by Gasteiger charge is -2.08. The maximum Gasteiger partial charge on any atom is 0.229 e. The molecule has 0 unspecified atom stereocenters. The Hall–Kier alpha value is -2.43. The summed E-state index contributed by atoms with van der Waals surface area (Å²) >= 11 is 0. The second-order valence-electron chi connectivity index (χ2n) is 3.64. The van der Waals surface area contributed by atoms with Crippen LogP contribution in [0.4, 0.5) is 17.5 Å². The number of carbonyl (C=O) groups excluding carboxylic acids is 1. The minimum absolute atomic E-state index is 0.454. The Morgan fingerprint density at radius 1 is 1.28 bits per heavy atom. The molecule has 1 heterocycles. The van der Waals surface area contributed by atoms with Crippen LogP contribution in [0, 0.1) is 0 Å². The quantitative estimate of drug-likeness (QED) is 0.788. The van der Waals surface area contributed by atoms with Crippen molar-refractivity contribution in [2.45, 2.75) is 6.92 Å². The molecule has 1 aromatic carbocycles. The first kappa shape index (κ1) is 12.0. The van der Waals surface area contributed by atoms with Crippen LogP contribution >= 0.6 is 0 Å². The van der Waals surface area contributed by atoms with E-state index in [0.29, 0.717) is 23.9 Å². The molecule has 0 atom stereocenters. The zero-order valence-electron chi connectivity index (χ0n) is 10.1. The van der Waals surface area contributed by atoms with Crippen molar-refractivity contribution in [3.05, 3.63) is 42.1 Å². The molecule has 18 heavy (non-hydrogen) atoms. The third-order valence-electron chi connectivity index (χ3n) is 2.32. The molecule has 0 amide bonds. The van der Waals surface area contributed by atoms with Crippen LogP contribution in [-0.4, -0.2) is 22.8 Å². The molecule has 0 aliphatic heterocycles. The molecular formula is C13H14N4O. The lowest BCUT2D eigenvalue weighted by molar-refractivity contribution is 0.112. The fourth-order valence-corrected chi connectivity index (χ4v) is 1.50. The predicted molar refractivity (Wildman–Crippen MR) is 71.3 cm³/mol. The number of carbonyl (C=O) groups is 1. The van der Waals surface area contributed by atoms with Gasteiger partial charge in [0.15, 0.2) is 6.29 Å². The van der Waals surface area contributed by atoms with Gasteiger partial charge < -0.3 is 10.6 Å². The fraction of sp³-hybridized carbons (Fsp3) is 0.154. The van der Waals surface area contributed by atoms with Gasteiger partial charge in [0.2, 0.25) is 5.95 Å². The molecule has 0 saturated heterocycles. The molecule has 0 aliphatic carbocycles. The van der Waals surface area contributed by atoms with Gasteiger partial charge in [0, 0.05) is 18.4 Å². The van der Waals surface area contributed by atoms with Gasteiger partial charge in [-0.25, -0.2) is 4.98 Å². The first-order chi connectivity index (χ1) is 8.83. The van der Waals surface area contributed by atoms with E-state index in [2.05, 4.69) is 20.6 Å². The Bertz CT molecular complexity index is 528. The number of anilines is 3. The Morgan fingerprint density at radius 2 is 2.06 bits per heavy atom. The maximum absolute atomic E-state index is 10.8. The smallest absolute Gasteiger partial charge is 0.229 e. The van der Waals surface area contributed by atoms with Crippen molar-refractivity contribution in [3.63, 3.8) is 0 Å². The molecule has 0 fully saturated rings. The van der Waals surface area contributed by atoms with Crippen LogP contribution in [0.1, 0.15) is 17.3 Å². The largest absolute Gasteiger partial charge is 0.370 e. The van der Waals surface area contributed by atoms with Gasteiger partial charge in [-0.2, -0.15) is 4.98 Å². The average molecular weight is 242 g/mol. The Morgan fingerprint density at radius 3 is 2.72 bits per heavy atom. The molecule has 0 radical (unpaired) electrons. The number of nitrogens with one attached hydrogen (secondary N) is 2. The van der Waals surface area contributed by atoms with Gasteiger partial charge in [-0.05, 0) is 19.1 Å². The van der Waals surface area contributed by atoms with E-state index in [1.807, 2.05) is 37.3 Å². The van der Waals surface area contributed by atoms with Crippen molar-refractivity contribution in [2.75, 3.05) is 17.2 Å². The second kappa shape index (κ2) is 5.77. The first-order valence-corrected chi connectivity index (χ1v) is 5.71. The summed E-state index contributed by atoms with van der Waals surface area (Å²) in [6, 6.07) is 9.63. The highest BCUT2D eigenvalue weighted by atomic mass is 16.1. The minimum Gasteiger partial charge on any atom is -0.370 e. The van der Waals surface area contributed by atoms with Crippen molar-refractivity contribution >= 4 is 23.7 Å². The monoisotopic (exact) mass is 242 g/mol. The van der Waals surface area contributed by atoms with Crippen LogP contribution in [0.3, 0.4) is 0 Å². The molecule has 2 N–H and O–H groups in total. The number of rotatable bonds is 5. The summed E-state index contributed by atoms with van der Waals surface area (Å²) in [6.45, 7) is 2.64. The van der Waals surface area contributed by atoms with E-state index in [-0.39, 0.29) is 0 Å². The molecule has 2 aromatic rings. The van der Waals surface area contributed by atoms with E-state index in [1.54, 1.807) is 0 Å².